The summed E-state index contributed by atoms with van der Waals surface area (Å²) in [5, 5.41) is 0.211. The van der Waals surface area contributed by atoms with Gasteiger partial charge in [0, 0.05) is 6.20 Å². The molecule has 1 unspecified atom stereocenters. The normalized spacial score (nSPS) is 14.0. The lowest BCUT2D eigenvalue weighted by molar-refractivity contribution is -0.147. The van der Waals surface area contributed by atoms with Gasteiger partial charge in [-0.1, -0.05) is 23.2 Å². The van der Waals surface area contributed by atoms with Crippen LogP contribution in [0.5, 0.6) is 0 Å². The van der Waals surface area contributed by atoms with Gasteiger partial charge in [0.05, 0.1) is 5.02 Å². The third kappa shape index (κ3) is 3.52. The molecular formula is C8H7Cl2F3N2. The SMILES string of the molecule is NC(Cc1cc(Cl)ncc1Cl)C(F)(F)F. The molecule has 0 aliphatic heterocycles. The van der Waals surface area contributed by atoms with Crippen molar-refractivity contribution < 1.29 is 13.2 Å². The van der Waals surface area contributed by atoms with E-state index in [1.807, 2.05) is 0 Å². The summed E-state index contributed by atoms with van der Waals surface area (Å²) >= 11 is 11.2. The van der Waals surface area contributed by atoms with Gasteiger partial charge in [-0.05, 0) is 18.1 Å². The van der Waals surface area contributed by atoms with Gasteiger partial charge in [0.15, 0.2) is 0 Å². The smallest absolute Gasteiger partial charge is 0.320 e. The quantitative estimate of drug-likeness (QED) is 0.829. The Morgan fingerprint density at radius 1 is 1.40 bits per heavy atom. The minimum Gasteiger partial charge on any atom is -0.320 e. The predicted molar refractivity (Wildman–Crippen MR) is 52.0 cm³/mol. The Hall–Kier alpha value is -0.520. The molecule has 0 saturated heterocycles. The van der Waals surface area contributed by atoms with E-state index in [-0.39, 0.29) is 15.7 Å². The van der Waals surface area contributed by atoms with Gasteiger partial charge in [0.2, 0.25) is 0 Å². The molecule has 0 spiro atoms. The highest BCUT2D eigenvalue weighted by atomic mass is 35.5. The first-order valence-corrected chi connectivity index (χ1v) is 4.68. The van der Waals surface area contributed by atoms with Crippen molar-refractivity contribution in [3.8, 4) is 0 Å². The molecule has 0 fully saturated rings. The lowest BCUT2D eigenvalue weighted by atomic mass is 10.1. The van der Waals surface area contributed by atoms with Gasteiger partial charge >= 0.3 is 6.18 Å². The Morgan fingerprint density at radius 3 is 2.53 bits per heavy atom. The first-order valence-electron chi connectivity index (χ1n) is 3.93. The number of hydrogen-bond acceptors (Lipinski definition) is 2. The third-order valence-electron chi connectivity index (χ3n) is 1.76. The van der Waals surface area contributed by atoms with Crippen LogP contribution in [-0.4, -0.2) is 17.2 Å². The van der Waals surface area contributed by atoms with Gasteiger partial charge < -0.3 is 5.73 Å². The van der Waals surface area contributed by atoms with Crippen molar-refractivity contribution in [2.24, 2.45) is 5.73 Å². The van der Waals surface area contributed by atoms with E-state index in [4.69, 9.17) is 28.9 Å². The number of halogens is 5. The lowest BCUT2D eigenvalue weighted by Crippen LogP contribution is -2.39. The van der Waals surface area contributed by atoms with Crippen LogP contribution in [0.25, 0.3) is 0 Å². The molecule has 84 valence electrons. The van der Waals surface area contributed by atoms with Crippen molar-refractivity contribution >= 4 is 23.2 Å². The van der Waals surface area contributed by atoms with Crippen molar-refractivity contribution in [1.82, 2.24) is 4.98 Å². The second-order valence-electron chi connectivity index (χ2n) is 2.95. The minimum absolute atomic E-state index is 0.0868. The Kier molecular flexibility index (Phi) is 3.81. The first-order chi connectivity index (χ1) is 6.80. The van der Waals surface area contributed by atoms with E-state index >= 15 is 0 Å². The maximum absolute atomic E-state index is 12.2. The summed E-state index contributed by atoms with van der Waals surface area (Å²) in [4.78, 5) is 3.62. The number of pyridine rings is 1. The number of rotatable bonds is 2. The molecule has 0 aromatic carbocycles. The molecule has 1 atom stereocenters. The van der Waals surface area contributed by atoms with Crippen LogP contribution in [0.2, 0.25) is 10.2 Å². The zero-order chi connectivity index (χ0) is 11.6. The number of alkyl halides is 3. The molecule has 1 heterocycles. The summed E-state index contributed by atoms with van der Waals surface area (Å²) in [6.07, 6.45) is -3.66. The summed E-state index contributed by atoms with van der Waals surface area (Å²) in [5.74, 6) is 0. The second kappa shape index (κ2) is 4.55. The molecule has 0 radical (unpaired) electrons. The standard InChI is InChI=1S/C8H7Cl2F3N2/c9-5-3-15-7(10)2-4(5)1-6(14)8(11,12)13/h2-3,6H,1,14H2. The Bertz CT molecular complexity index is 354. The van der Waals surface area contributed by atoms with E-state index in [9.17, 15) is 13.2 Å². The van der Waals surface area contributed by atoms with E-state index in [0.717, 1.165) is 0 Å². The largest absolute Gasteiger partial charge is 0.403 e. The van der Waals surface area contributed by atoms with Gasteiger partial charge in [0.1, 0.15) is 11.2 Å². The lowest BCUT2D eigenvalue weighted by Gasteiger charge is -2.15. The monoisotopic (exact) mass is 258 g/mol. The molecule has 0 bridgehead atoms. The maximum Gasteiger partial charge on any atom is 0.403 e. The van der Waals surface area contributed by atoms with Crippen molar-refractivity contribution in [1.29, 1.82) is 0 Å². The minimum atomic E-state index is -4.45. The fraction of sp³-hybridized carbons (Fsp3) is 0.375. The average Bonchev–Trinajstić information content (AvgIpc) is 2.09. The molecule has 0 aliphatic carbocycles. The maximum atomic E-state index is 12.2. The Labute approximate surface area is 94.2 Å². The van der Waals surface area contributed by atoms with E-state index in [0.29, 0.717) is 0 Å². The number of hydrogen-bond donors (Lipinski definition) is 1. The van der Waals surface area contributed by atoms with Gasteiger partial charge in [0.25, 0.3) is 0 Å². The summed E-state index contributed by atoms with van der Waals surface area (Å²) in [7, 11) is 0. The molecule has 1 aromatic heterocycles. The average molecular weight is 259 g/mol. The highest BCUT2D eigenvalue weighted by Gasteiger charge is 2.36. The number of nitrogens with zero attached hydrogens (tertiary/aromatic N) is 1. The van der Waals surface area contributed by atoms with Crippen molar-refractivity contribution in [2.45, 2.75) is 18.6 Å². The Balaban J connectivity index is 2.85. The van der Waals surface area contributed by atoms with Crippen LogP contribution in [0.3, 0.4) is 0 Å². The number of aromatic nitrogens is 1. The Morgan fingerprint density at radius 2 is 2.00 bits per heavy atom. The number of nitrogens with two attached hydrogens (primary N) is 1. The topological polar surface area (TPSA) is 38.9 Å². The van der Waals surface area contributed by atoms with Crippen LogP contribution in [0, 0.1) is 0 Å². The highest BCUT2D eigenvalue weighted by molar-refractivity contribution is 6.32. The predicted octanol–water partition coefficient (Wildman–Crippen LogP) is 2.82. The van der Waals surface area contributed by atoms with Crippen LogP contribution in [0.1, 0.15) is 5.56 Å². The molecule has 0 saturated carbocycles. The zero-order valence-corrected chi connectivity index (χ0v) is 8.87. The van der Waals surface area contributed by atoms with E-state index in [1.165, 1.54) is 12.3 Å². The molecule has 1 aromatic rings. The zero-order valence-electron chi connectivity index (χ0n) is 7.35. The fourth-order valence-corrected chi connectivity index (χ4v) is 1.32. The third-order valence-corrected chi connectivity index (χ3v) is 2.31. The highest BCUT2D eigenvalue weighted by Crippen LogP contribution is 2.25. The molecule has 7 heteroatoms. The molecule has 0 amide bonds. The van der Waals surface area contributed by atoms with Crippen molar-refractivity contribution in [3.63, 3.8) is 0 Å². The molecular weight excluding hydrogens is 252 g/mol. The first kappa shape index (κ1) is 12.5. The molecule has 2 N–H and O–H groups in total. The van der Waals surface area contributed by atoms with Gasteiger partial charge in [-0.3, -0.25) is 0 Å². The van der Waals surface area contributed by atoms with Crippen molar-refractivity contribution in [3.05, 3.63) is 28.0 Å². The summed E-state index contributed by atoms with van der Waals surface area (Å²) < 4.78 is 36.5. The summed E-state index contributed by atoms with van der Waals surface area (Å²) in [6, 6.07) is -0.677. The second-order valence-corrected chi connectivity index (χ2v) is 3.75. The van der Waals surface area contributed by atoms with Gasteiger partial charge in [-0.2, -0.15) is 13.2 Å². The van der Waals surface area contributed by atoms with E-state index < -0.39 is 18.6 Å². The molecule has 1 rings (SSSR count). The molecule has 0 aliphatic rings. The van der Waals surface area contributed by atoms with Crippen LogP contribution in [0.4, 0.5) is 13.2 Å². The molecule has 2 nitrogen and oxygen atoms in total. The summed E-state index contributed by atoms with van der Waals surface area (Å²) in [6.45, 7) is 0. The van der Waals surface area contributed by atoms with E-state index in [2.05, 4.69) is 4.98 Å². The van der Waals surface area contributed by atoms with Crippen LogP contribution in [-0.2, 0) is 6.42 Å². The fourth-order valence-electron chi connectivity index (χ4n) is 0.960. The van der Waals surface area contributed by atoms with E-state index in [1.54, 1.807) is 0 Å². The molecule has 15 heavy (non-hydrogen) atoms. The van der Waals surface area contributed by atoms with Crippen molar-refractivity contribution in [2.75, 3.05) is 0 Å². The van der Waals surface area contributed by atoms with Gasteiger partial charge in [-0.25, -0.2) is 4.98 Å². The van der Waals surface area contributed by atoms with Crippen LogP contribution in [0.15, 0.2) is 12.3 Å². The van der Waals surface area contributed by atoms with Crippen LogP contribution < -0.4 is 5.73 Å². The van der Waals surface area contributed by atoms with Gasteiger partial charge in [-0.15, -0.1) is 0 Å². The van der Waals surface area contributed by atoms with Crippen LogP contribution >= 0.6 is 23.2 Å². The summed E-state index contributed by atoms with van der Waals surface area (Å²) in [5.41, 5.74) is 5.19.